The molecule has 1 heterocycles. The van der Waals surface area contributed by atoms with E-state index in [0.29, 0.717) is 5.82 Å². The number of nitrogens with one attached hydrogen (secondary N) is 1. The van der Waals surface area contributed by atoms with E-state index in [1.54, 1.807) is 6.07 Å². The van der Waals surface area contributed by atoms with Gasteiger partial charge < -0.3 is 10.1 Å². The van der Waals surface area contributed by atoms with Crippen LogP contribution >= 0.6 is 0 Å². The van der Waals surface area contributed by atoms with Crippen molar-refractivity contribution in [1.29, 1.82) is 0 Å². The molecule has 0 aromatic carbocycles. The van der Waals surface area contributed by atoms with Gasteiger partial charge in [0.25, 0.3) is 5.88 Å². The van der Waals surface area contributed by atoms with Gasteiger partial charge in [0.05, 0.1) is 4.92 Å². The van der Waals surface area contributed by atoms with Crippen LogP contribution in [0.4, 0.5) is 11.5 Å². The molecule has 1 aromatic rings. The molecule has 0 unspecified atom stereocenters. The predicted molar refractivity (Wildman–Crippen MR) is 65.4 cm³/mol. The monoisotopic (exact) mass is 237 g/mol. The van der Waals surface area contributed by atoms with Crippen LogP contribution in [0.3, 0.4) is 0 Å². The number of anilines is 1. The zero-order chi connectivity index (χ0) is 12.7. The number of hydrogen-bond donors (Lipinski definition) is 1. The van der Waals surface area contributed by atoms with E-state index in [1.165, 1.54) is 12.1 Å². The number of rotatable bonds is 7. The maximum absolute atomic E-state index is 10.7. The smallest absolute Gasteiger partial charge is 0.331 e. The predicted octanol–water partition coefficient (Wildman–Crippen LogP) is 2.38. The minimum absolute atomic E-state index is 0.0102. The quantitative estimate of drug-likeness (QED) is 0.447. The van der Waals surface area contributed by atoms with E-state index < -0.39 is 4.92 Å². The highest BCUT2D eigenvalue weighted by Crippen LogP contribution is 2.26. The molecule has 1 rings (SSSR count). The Balaban J connectivity index is 2.92. The fourth-order valence-corrected chi connectivity index (χ4v) is 1.17. The molecule has 0 radical (unpaired) electrons. The molecule has 0 atom stereocenters. The van der Waals surface area contributed by atoms with Crippen LogP contribution in [-0.2, 0) is 0 Å². The third kappa shape index (κ3) is 3.75. The normalized spacial score (nSPS) is 9.71. The van der Waals surface area contributed by atoms with Crippen LogP contribution in [0.2, 0.25) is 0 Å². The second-order valence-corrected chi connectivity index (χ2v) is 3.30. The lowest BCUT2D eigenvalue weighted by Crippen LogP contribution is -2.05. The fourth-order valence-electron chi connectivity index (χ4n) is 1.17. The van der Waals surface area contributed by atoms with E-state index >= 15 is 0 Å². The Labute approximate surface area is 99.5 Å². The molecular formula is C11H15N3O3. The van der Waals surface area contributed by atoms with Crippen molar-refractivity contribution in [1.82, 2.24) is 4.98 Å². The molecule has 0 saturated heterocycles. The van der Waals surface area contributed by atoms with Gasteiger partial charge in [0.1, 0.15) is 12.4 Å². The summed E-state index contributed by atoms with van der Waals surface area (Å²) in [5, 5.41) is 13.8. The van der Waals surface area contributed by atoms with Gasteiger partial charge in [-0.2, -0.15) is 4.98 Å². The van der Waals surface area contributed by atoms with Crippen molar-refractivity contribution in [3.05, 3.63) is 34.9 Å². The molecule has 0 bridgehead atoms. The third-order valence-corrected chi connectivity index (χ3v) is 1.93. The lowest BCUT2D eigenvalue weighted by atomic mass is 10.4. The van der Waals surface area contributed by atoms with Crippen molar-refractivity contribution in [3.63, 3.8) is 0 Å². The van der Waals surface area contributed by atoms with E-state index in [9.17, 15) is 10.1 Å². The average molecular weight is 237 g/mol. The Morgan fingerprint density at radius 1 is 1.65 bits per heavy atom. The van der Waals surface area contributed by atoms with E-state index in [4.69, 9.17) is 4.74 Å². The summed E-state index contributed by atoms with van der Waals surface area (Å²) in [6, 6.07) is 2.94. The fraction of sp³-hybridized carbons (Fsp3) is 0.364. The lowest BCUT2D eigenvalue weighted by Gasteiger charge is -2.07. The van der Waals surface area contributed by atoms with E-state index in [-0.39, 0.29) is 18.2 Å². The zero-order valence-electron chi connectivity index (χ0n) is 9.68. The average Bonchev–Trinajstić information content (AvgIpc) is 2.33. The molecule has 0 fully saturated rings. The van der Waals surface area contributed by atoms with E-state index in [2.05, 4.69) is 16.9 Å². The first-order valence-electron chi connectivity index (χ1n) is 5.32. The van der Waals surface area contributed by atoms with Crippen LogP contribution < -0.4 is 10.1 Å². The SMILES string of the molecule is C=CCOc1nc(NCCC)ccc1[N+](=O)[O-]. The Kier molecular flexibility index (Phi) is 4.93. The molecule has 17 heavy (non-hydrogen) atoms. The summed E-state index contributed by atoms with van der Waals surface area (Å²) < 4.78 is 5.16. The minimum Gasteiger partial charge on any atom is -0.469 e. The number of nitro groups is 1. The van der Waals surface area contributed by atoms with E-state index in [0.717, 1.165) is 13.0 Å². The Hall–Kier alpha value is -2.11. The van der Waals surface area contributed by atoms with Gasteiger partial charge in [-0.3, -0.25) is 10.1 Å². The molecular weight excluding hydrogens is 222 g/mol. The van der Waals surface area contributed by atoms with Gasteiger partial charge in [-0.25, -0.2) is 0 Å². The van der Waals surface area contributed by atoms with Gasteiger partial charge in [0.15, 0.2) is 0 Å². The molecule has 0 aliphatic rings. The largest absolute Gasteiger partial charge is 0.469 e. The van der Waals surface area contributed by atoms with Gasteiger partial charge in [-0.05, 0) is 12.5 Å². The van der Waals surface area contributed by atoms with Gasteiger partial charge >= 0.3 is 5.69 Å². The van der Waals surface area contributed by atoms with Crippen LogP contribution in [0, 0.1) is 10.1 Å². The Morgan fingerprint density at radius 2 is 2.41 bits per heavy atom. The molecule has 6 nitrogen and oxygen atoms in total. The van der Waals surface area contributed by atoms with Crippen molar-refractivity contribution in [3.8, 4) is 5.88 Å². The van der Waals surface area contributed by atoms with Crippen LogP contribution in [0.25, 0.3) is 0 Å². The van der Waals surface area contributed by atoms with Crippen molar-refractivity contribution in [2.75, 3.05) is 18.5 Å². The number of ether oxygens (including phenoxy) is 1. The highest BCUT2D eigenvalue weighted by Gasteiger charge is 2.17. The second kappa shape index (κ2) is 6.47. The summed E-state index contributed by atoms with van der Waals surface area (Å²) in [6.07, 6.45) is 2.46. The highest BCUT2D eigenvalue weighted by molar-refractivity contribution is 5.49. The van der Waals surface area contributed by atoms with Crippen molar-refractivity contribution < 1.29 is 9.66 Å². The molecule has 0 aliphatic carbocycles. The third-order valence-electron chi connectivity index (χ3n) is 1.93. The Bertz CT molecular complexity index is 407. The molecule has 6 heteroatoms. The molecule has 0 amide bonds. The molecule has 92 valence electrons. The second-order valence-electron chi connectivity index (χ2n) is 3.30. The topological polar surface area (TPSA) is 77.3 Å². The van der Waals surface area contributed by atoms with Gasteiger partial charge in [0, 0.05) is 12.6 Å². The number of aromatic nitrogens is 1. The van der Waals surface area contributed by atoms with Crippen molar-refractivity contribution in [2.45, 2.75) is 13.3 Å². The molecule has 1 N–H and O–H groups in total. The summed E-state index contributed by atoms with van der Waals surface area (Å²) >= 11 is 0. The Morgan fingerprint density at radius 3 is 3.00 bits per heavy atom. The highest BCUT2D eigenvalue weighted by atomic mass is 16.6. The molecule has 0 saturated carbocycles. The maximum Gasteiger partial charge on any atom is 0.331 e. The number of hydrogen-bond acceptors (Lipinski definition) is 5. The minimum atomic E-state index is -0.519. The first-order valence-corrected chi connectivity index (χ1v) is 5.32. The first kappa shape index (κ1) is 13.0. The van der Waals surface area contributed by atoms with Crippen molar-refractivity contribution >= 4 is 11.5 Å². The van der Waals surface area contributed by atoms with Crippen molar-refractivity contribution in [2.24, 2.45) is 0 Å². The molecule has 0 aliphatic heterocycles. The standard InChI is InChI=1S/C11H15N3O3/c1-3-7-12-10-6-5-9(14(15)16)11(13-10)17-8-4-2/h4-6H,2-3,7-8H2,1H3,(H,12,13). The lowest BCUT2D eigenvalue weighted by molar-refractivity contribution is -0.386. The summed E-state index contributed by atoms with van der Waals surface area (Å²) in [5.41, 5.74) is -0.145. The van der Waals surface area contributed by atoms with Crippen LogP contribution in [0.15, 0.2) is 24.8 Å². The van der Waals surface area contributed by atoms with Gasteiger partial charge in [0.2, 0.25) is 0 Å². The van der Waals surface area contributed by atoms with Crippen LogP contribution in [0.5, 0.6) is 5.88 Å². The first-order chi connectivity index (χ1) is 8.19. The summed E-state index contributed by atoms with van der Waals surface area (Å²) in [6.45, 7) is 6.45. The summed E-state index contributed by atoms with van der Waals surface area (Å²) in [5.74, 6) is 0.576. The number of pyridine rings is 1. The zero-order valence-corrected chi connectivity index (χ0v) is 9.68. The number of nitrogens with zero attached hydrogens (tertiary/aromatic N) is 2. The van der Waals surface area contributed by atoms with Gasteiger partial charge in [-0.1, -0.05) is 19.6 Å². The maximum atomic E-state index is 10.7. The summed E-state index contributed by atoms with van der Waals surface area (Å²) in [7, 11) is 0. The summed E-state index contributed by atoms with van der Waals surface area (Å²) in [4.78, 5) is 14.3. The van der Waals surface area contributed by atoms with Crippen LogP contribution in [-0.4, -0.2) is 23.1 Å². The van der Waals surface area contributed by atoms with Gasteiger partial charge in [-0.15, -0.1) is 0 Å². The molecule has 1 aromatic heterocycles. The molecule has 0 spiro atoms. The van der Waals surface area contributed by atoms with E-state index in [1.807, 2.05) is 6.92 Å². The van der Waals surface area contributed by atoms with Crippen LogP contribution in [0.1, 0.15) is 13.3 Å².